The lowest BCUT2D eigenvalue weighted by molar-refractivity contribution is 0.839. The van der Waals surface area contributed by atoms with Crippen molar-refractivity contribution in [2.75, 3.05) is 0 Å². The molecule has 0 spiro atoms. The number of allylic oxidation sites excluding steroid dienone is 4. The summed E-state index contributed by atoms with van der Waals surface area (Å²) in [5.41, 5.74) is 6.50. The summed E-state index contributed by atoms with van der Waals surface area (Å²) >= 11 is 2.51. The zero-order valence-corrected chi connectivity index (χ0v) is 14.6. The highest BCUT2D eigenvalue weighted by Gasteiger charge is 2.18. The number of alkyl halides is 1. The van der Waals surface area contributed by atoms with E-state index in [2.05, 4.69) is 103 Å². The number of benzene rings is 2. The summed E-state index contributed by atoms with van der Waals surface area (Å²) in [6.45, 7) is 4.39. The fourth-order valence-corrected chi connectivity index (χ4v) is 2.95. The van der Waals surface area contributed by atoms with E-state index in [1.807, 2.05) is 0 Å². The van der Waals surface area contributed by atoms with E-state index in [4.69, 9.17) is 0 Å². The lowest BCUT2D eigenvalue weighted by atomic mass is 9.92. The van der Waals surface area contributed by atoms with Gasteiger partial charge >= 0.3 is 0 Å². The van der Waals surface area contributed by atoms with E-state index >= 15 is 0 Å². The highest BCUT2D eigenvalue weighted by Crippen LogP contribution is 2.33. The van der Waals surface area contributed by atoms with Gasteiger partial charge in [-0.15, -0.1) is 0 Å². The number of hydrogen-bond donors (Lipinski definition) is 0. The molecule has 0 aromatic heterocycles. The molecule has 0 bridgehead atoms. The molecule has 0 aliphatic heterocycles. The first-order valence-corrected chi connectivity index (χ1v) is 8.37. The maximum Gasteiger partial charge on any atom is 0.0410 e. The summed E-state index contributed by atoms with van der Waals surface area (Å²) in [7, 11) is 0. The summed E-state index contributed by atoms with van der Waals surface area (Å²) in [6.07, 6.45) is 8.00. The number of hydrogen-bond acceptors (Lipinski definition) is 0. The minimum Gasteiger partial charge on any atom is -0.0750 e. The van der Waals surface area contributed by atoms with E-state index in [1.165, 1.54) is 27.8 Å². The van der Waals surface area contributed by atoms with Crippen molar-refractivity contribution >= 4 is 28.2 Å². The Morgan fingerprint density at radius 3 is 2.33 bits per heavy atom. The Morgan fingerprint density at radius 1 is 0.952 bits per heavy atom. The molecular weight excluding hydrogens is 367 g/mol. The molecule has 1 aliphatic carbocycles. The molecule has 0 unspecified atom stereocenters. The second kappa shape index (κ2) is 5.80. The number of halogens is 1. The second-order valence-corrected chi connectivity index (χ2v) is 8.39. The van der Waals surface area contributed by atoms with Gasteiger partial charge in [0.15, 0.2) is 0 Å². The Balaban J connectivity index is 1.93. The predicted octanol–water partition coefficient (Wildman–Crippen LogP) is 6.20. The molecule has 1 atom stereocenters. The van der Waals surface area contributed by atoms with Crippen molar-refractivity contribution in [1.82, 2.24) is 0 Å². The van der Waals surface area contributed by atoms with Gasteiger partial charge in [-0.25, -0.2) is 0 Å². The maximum atomic E-state index is 2.51. The average Bonchev–Trinajstić information content (AvgIpc) is 2.48. The zero-order chi connectivity index (χ0) is 14.9. The van der Waals surface area contributed by atoms with Gasteiger partial charge in [0.05, 0.1) is 0 Å². The number of rotatable bonds is 2. The summed E-state index contributed by atoms with van der Waals surface area (Å²) < 4.78 is 0.260. The van der Waals surface area contributed by atoms with E-state index in [-0.39, 0.29) is 3.42 Å². The SMILES string of the molecule is Cc1ccc(-c2cccc(C3=CC[C@](C)(I)C=C3)c2)cc1. The van der Waals surface area contributed by atoms with Crippen molar-refractivity contribution in [3.8, 4) is 11.1 Å². The second-order valence-electron chi connectivity index (χ2n) is 5.92. The van der Waals surface area contributed by atoms with Crippen molar-refractivity contribution in [2.45, 2.75) is 23.7 Å². The summed E-state index contributed by atoms with van der Waals surface area (Å²) in [6, 6.07) is 17.6. The topological polar surface area (TPSA) is 0 Å². The van der Waals surface area contributed by atoms with E-state index in [0.29, 0.717) is 0 Å². The van der Waals surface area contributed by atoms with Crippen LogP contribution in [0.1, 0.15) is 24.5 Å². The van der Waals surface area contributed by atoms with E-state index in [1.54, 1.807) is 0 Å². The van der Waals surface area contributed by atoms with Crippen LogP contribution in [0.5, 0.6) is 0 Å². The average molecular weight is 386 g/mol. The third-order valence-electron chi connectivity index (χ3n) is 3.91. The van der Waals surface area contributed by atoms with Crippen molar-refractivity contribution < 1.29 is 0 Å². The van der Waals surface area contributed by atoms with Crippen molar-refractivity contribution in [3.05, 3.63) is 77.9 Å². The molecule has 2 aromatic carbocycles. The fraction of sp³-hybridized carbons (Fsp3) is 0.200. The van der Waals surface area contributed by atoms with Gasteiger partial charge in [0.25, 0.3) is 0 Å². The van der Waals surface area contributed by atoms with Gasteiger partial charge in [0.1, 0.15) is 0 Å². The third-order valence-corrected chi connectivity index (χ3v) is 4.71. The fourth-order valence-electron chi connectivity index (χ4n) is 2.55. The quantitative estimate of drug-likeness (QED) is 0.426. The van der Waals surface area contributed by atoms with Crippen LogP contribution in [0.15, 0.2) is 66.8 Å². The van der Waals surface area contributed by atoms with Crippen LogP contribution in [0.25, 0.3) is 16.7 Å². The molecule has 1 aliphatic rings. The highest BCUT2D eigenvalue weighted by atomic mass is 127. The Morgan fingerprint density at radius 2 is 1.67 bits per heavy atom. The smallest absolute Gasteiger partial charge is 0.0410 e. The molecule has 0 nitrogen and oxygen atoms in total. The molecular formula is C20H19I. The van der Waals surface area contributed by atoms with Gasteiger partial charge in [0.2, 0.25) is 0 Å². The molecule has 3 rings (SSSR count). The van der Waals surface area contributed by atoms with Crippen molar-refractivity contribution in [2.24, 2.45) is 0 Å². The van der Waals surface area contributed by atoms with Crippen LogP contribution in [0.2, 0.25) is 0 Å². The van der Waals surface area contributed by atoms with Gasteiger partial charge in [-0.05, 0) is 48.6 Å². The molecule has 0 N–H and O–H groups in total. The van der Waals surface area contributed by atoms with Crippen LogP contribution in [0.3, 0.4) is 0 Å². The van der Waals surface area contributed by atoms with Crippen molar-refractivity contribution in [3.63, 3.8) is 0 Å². The maximum absolute atomic E-state index is 2.51. The normalized spacial score (nSPS) is 21.2. The van der Waals surface area contributed by atoms with Crippen LogP contribution < -0.4 is 0 Å². The van der Waals surface area contributed by atoms with E-state index in [9.17, 15) is 0 Å². The molecule has 2 aromatic rings. The Hall–Kier alpha value is -1.35. The minimum atomic E-state index is 0.260. The first-order chi connectivity index (χ1) is 10.0. The van der Waals surface area contributed by atoms with E-state index < -0.39 is 0 Å². The number of aryl methyl sites for hydroxylation is 1. The highest BCUT2D eigenvalue weighted by molar-refractivity contribution is 14.1. The molecule has 0 radical (unpaired) electrons. The summed E-state index contributed by atoms with van der Waals surface area (Å²) in [4.78, 5) is 0. The monoisotopic (exact) mass is 386 g/mol. The molecule has 0 heterocycles. The van der Waals surface area contributed by atoms with Gasteiger partial charge in [-0.3, -0.25) is 0 Å². The first kappa shape index (κ1) is 14.6. The Bertz CT molecular complexity index is 703. The molecule has 0 amide bonds. The van der Waals surface area contributed by atoms with Crippen LogP contribution in [-0.2, 0) is 0 Å². The molecule has 106 valence electrons. The van der Waals surface area contributed by atoms with Crippen LogP contribution in [0.4, 0.5) is 0 Å². The van der Waals surface area contributed by atoms with Gasteiger partial charge in [-0.2, -0.15) is 0 Å². The van der Waals surface area contributed by atoms with Crippen LogP contribution in [-0.4, -0.2) is 3.42 Å². The van der Waals surface area contributed by atoms with E-state index in [0.717, 1.165) is 6.42 Å². The molecule has 0 fully saturated rings. The molecule has 1 heteroatoms. The first-order valence-electron chi connectivity index (χ1n) is 7.29. The summed E-state index contributed by atoms with van der Waals surface area (Å²) in [5, 5.41) is 0. The lowest BCUT2D eigenvalue weighted by Crippen LogP contribution is -2.12. The minimum absolute atomic E-state index is 0.260. The standard InChI is InChI=1S/C20H19I/c1-15-6-8-16(9-7-15)18-4-3-5-19(14-18)17-10-12-20(2,21)13-11-17/h3-12,14H,13H2,1-2H3/t20-/m1/s1. The molecule has 0 saturated heterocycles. The molecule has 0 saturated carbocycles. The largest absolute Gasteiger partial charge is 0.0750 e. The Kier molecular flexibility index (Phi) is 4.03. The lowest BCUT2D eigenvalue weighted by Gasteiger charge is -2.21. The predicted molar refractivity (Wildman–Crippen MR) is 101 cm³/mol. The third kappa shape index (κ3) is 3.46. The van der Waals surface area contributed by atoms with Gasteiger partial charge in [0, 0.05) is 3.42 Å². The van der Waals surface area contributed by atoms with Crippen LogP contribution in [0, 0.1) is 6.92 Å². The van der Waals surface area contributed by atoms with Crippen molar-refractivity contribution in [1.29, 1.82) is 0 Å². The zero-order valence-electron chi connectivity index (χ0n) is 12.4. The Labute approximate surface area is 140 Å². The summed E-state index contributed by atoms with van der Waals surface area (Å²) in [5.74, 6) is 0. The van der Waals surface area contributed by atoms with Gasteiger partial charge < -0.3 is 0 Å². The molecule has 21 heavy (non-hydrogen) atoms. The van der Waals surface area contributed by atoms with Gasteiger partial charge in [-0.1, -0.05) is 88.8 Å². The van der Waals surface area contributed by atoms with Crippen LogP contribution >= 0.6 is 22.6 Å².